The zero-order valence-electron chi connectivity index (χ0n) is 9.00. The molecule has 2 aromatic rings. The van der Waals surface area contributed by atoms with Gasteiger partial charge < -0.3 is 9.72 Å². The van der Waals surface area contributed by atoms with E-state index in [-0.39, 0.29) is 0 Å². The van der Waals surface area contributed by atoms with Crippen LogP contribution in [0.5, 0.6) is 5.75 Å². The molecule has 0 atom stereocenters. The van der Waals surface area contributed by atoms with Crippen LogP contribution in [0, 0.1) is 0 Å². The summed E-state index contributed by atoms with van der Waals surface area (Å²) in [7, 11) is 0. The lowest BCUT2D eigenvalue weighted by Gasteiger charge is -2.02. The van der Waals surface area contributed by atoms with Crippen LogP contribution in [-0.4, -0.2) is 11.6 Å². The maximum Gasteiger partial charge on any atom is 0.128 e. The van der Waals surface area contributed by atoms with Gasteiger partial charge in [-0.15, -0.1) is 0 Å². The van der Waals surface area contributed by atoms with E-state index in [1.54, 1.807) is 0 Å². The number of hydrogen-bond donors (Lipinski definition) is 1. The zero-order valence-corrected chi connectivity index (χ0v) is 9.00. The third-order valence-corrected chi connectivity index (χ3v) is 1.85. The topological polar surface area (TPSA) is 25.0 Å². The minimum absolute atomic E-state index is 0.713. The zero-order chi connectivity index (χ0) is 10.4. The quantitative estimate of drug-likeness (QED) is 0.771. The van der Waals surface area contributed by atoms with Crippen LogP contribution in [0.4, 0.5) is 0 Å². The third kappa shape index (κ3) is 2.08. The predicted molar refractivity (Wildman–Crippen MR) is 60.8 cm³/mol. The second kappa shape index (κ2) is 5.32. The fourth-order valence-corrected chi connectivity index (χ4v) is 1.34. The van der Waals surface area contributed by atoms with Crippen LogP contribution in [0.2, 0.25) is 0 Å². The molecular weight excluding hydrogens is 174 g/mol. The van der Waals surface area contributed by atoms with Crippen molar-refractivity contribution >= 4 is 10.9 Å². The van der Waals surface area contributed by atoms with Gasteiger partial charge in [-0.1, -0.05) is 19.9 Å². The Morgan fingerprint density at radius 3 is 2.71 bits per heavy atom. The summed E-state index contributed by atoms with van der Waals surface area (Å²) >= 11 is 0. The SMILES string of the molecule is CC.CCOc1cccc2[nH]ccc12. The van der Waals surface area contributed by atoms with E-state index in [2.05, 4.69) is 4.98 Å². The molecule has 0 unspecified atom stereocenters. The molecule has 0 amide bonds. The van der Waals surface area contributed by atoms with Crippen LogP contribution in [0.1, 0.15) is 20.8 Å². The maximum atomic E-state index is 5.46. The smallest absolute Gasteiger partial charge is 0.128 e. The second-order valence-corrected chi connectivity index (χ2v) is 2.63. The minimum Gasteiger partial charge on any atom is -0.493 e. The first-order valence-corrected chi connectivity index (χ1v) is 5.10. The van der Waals surface area contributed by atoms with Crippen molar-refractivity contribution < 1.29 is 4.74 Å². The Morgan fingerprint density at radius 2 is 2.00 bits per heavy atom. The Kier molecular flexibility index (Phi) is 4.05. The van der Waals surface area contributed by atoms with Crippen LogP contribution in [-0.2, 0) is 0 Å². The summed E-state index contributed by atoms with van der Waals surface area (Å²) in [5, 5.41) is 1.15. The molecule has 0 aliphatic rings. The van der Waals surface area contributed by atoms with Gasteiger partial charge in [-0.25, -0.2) is 0 Å². The molecule has 2 nitrogen and oxygen atoms in total. The molecule has 1 heterocycles. The molecule has 0 saturated heterocycles. The van der Waals surface area contributed by atoms with Crippen molar-refractivity contribution in [2.45, 2.75) is 20.8 Å². The van der Waals surface area contributed by atoms with Crippen molar-refractivity contribution in [2.24, 2.45) is 0 Å². The highest BCUT2D eigenvalue weighted by molar-refractivity contribution is 5.85. The van der Waals surface area contributed by atoms with Gasteiger partial charge in [0.1, 0.15) is 5.75 Å². The third-order valence-electron chi connectivity index (χ3n) is 1.85. The molecule has 1 aromatic heterocycles. The lowest BCUT2D eigenvalue weighted by molar-refractivity contribution is 0.344. The van der Waals surface area contributed by atoms with Gasteiger partial charge in [0.15, 0.2) is 0 Å². The first-order chi connectivity index (χ1) is 6.92. The van der Waals surface area contributed by atoms with Crippen LogP contribution >= 0.6 is 0 Å². The van der Waals surface area contributed by atoms with E-state index in [1.807, 2.05) is 51.2 Å². The van der Waals surface area contributed by atoms with Gasteiger partial charge in [0.05, 0.1) is 6.61 Å². The highest BCUT2D eigenvalue weighted by atomic mass is 16.5. The standard InChI is InChI=1S/C10H11NO.C2H6/c1-2-12-10-5-3-4-9-8(10)6-7-11-9;1-2/h3-7,11H,2H2,1H3;1-2H3. The predicted octanol–water partition coefficient (Wildman–Crippen LogP) is 3.59. The van der Waals surface area contributed by atoms with E-state index in [1.165, 1.54) is 0 Å². The lowest BCUT2D eigenvalue weighted by Crippen LogP contribution is -1.90. The lowest BCUT2D eigenvalue weighted by atomic mass is 10.2. The van der Waals surface area contributed by atoms with Crippen LogP contribution in [0.25, 0.3) is 10.9 Å². The van der Waals surface area contributed by atoms with Crippen LogP contribution in [0.3, 0.4) is 0 Å². The number of fused-ring (bicyclic) bond motifs is 1. The monoisotopic (exact) mass is 191 g/mol. The number of H-pyrrole nitrogens is 1. The molecule has 2 rings (SSSR count). The van der Waals surface area contributed by atoms with Crippen molar-refractivity contribution in [2.75, 3.05) is 6.61 Å². The molecule has 1 N–H and O–H groups in total. The molecule has 0 fully saturated rings. The first kappa shape index (κ1) is 10.6. The number of nitrogens with one attached hydrogen (secondary N) is 1. The highest BCUT2D eigenvalue weighted by Crippen LogP contribution is 2.23. The maximum absolute atomic E-state index is 5.46. The van der Waals surface area contributed by atoms with Crippen LogP contribution in [0.15, 0.2) is 30.5 Å². The number of rotatable bonds is 2. The summed E-state index contributed by atoms with van der Waals surface area (Å²) in [4.78, 5) is 3.14. The van der Waals surface area contributed by atoms with Crippen molar-refractivity contribution in [3.63, 3.8) is 0 Å². The van der Waals surface area contributed by atoms with E-state index in [0.29, 0.717) is 6.61 Å². The van der Waals surface area contributed by atoms with Gasteiger partial charge in [-0.05, 0) is 25.1 Å². The number of aromatic nitrogens is 1. The van der Waals surface area contributed by atoms with E-state index < -0.39 is 0 Å². The van der Waals surface area contributed by atoms with E-state index >= 15 is 0 Å². The summed E-state index contributed by atoms with van der Waals surface area (Å²) in [6.45, 7) is 6.70. The Bertz CT molecular complexity index is 378. The molecule has 14 heavy (non-hydrogen) atoms. The molecular formula is C12H17NO. The van der Waals surface area contributed by atoms with Gasteiger partial charge in [-0.2, -0.15) is 0 Å². The van der Waals surface area contributed by atoms with Crippen LogP contribution < -0.4 is 4.74 Å². The molecule has 0 aliphatic carbocycles. The molecule has 0 saturated carbocycles. The molecule has 0 aliphatic heterocycles. The normalized spacial score (nSPS) is 9.36. The number of aromatic amines is 1. The summed E-state index contributed by atoms with van der Waals surface area (Å²) in [5.74, 6) is 0.955. The highest BCUT2D eigenvalue weighted by Gasteiger charge is 1.99. The summed E-state index contributed by atoms with van der Waals surface area (Å²) in [5.41, 5.74) is 1.13. The summed E-state index contributed by atoms with van der Waals surface area (Å²) < 4.78 is 5.46. The van der Waals surface area contributed by atoms with E-state index in [0.717, 1.165) is 16.7 Å². The number of ether oxygens (including phenoxy) is 1. The fourth-order valence-electron chi connectivity index (χ4n) is 1.34. The van der Waals surface area contributed by atoms with Gasteiger partial charge in [0.25, 0.3) is 0 Å². The summed E-state index contributed by atoms with van der Waals surface area (Å²) in [6.07, 6.45) is 1.92. The molecule has 1 aromatic carbocycles. The Balaban J connectivity index is 0.000000461. The average molecular weight is 191 g/mol. The molecule has 0 bridgehead atoms. The average Bonchev–Trinajstić information content (AvgIpc) is 2.70. The van der Waals surface area contributed by atoms with Gasteiger partial charge in [0.2, 0.25) is 0 Å². The number of benzene rings is 1. The molecule has 76 valence electrons. The van der Waals surface area contributed by atoms with E-state index in [4.69, 9.17) is 4.74 Å². The second-order valence-electron chi connectivity index (χ2n) is 2.63. The Hall–Kier alpha value is -1.44. The molecule has 0 radical (unpaired) electrons. The van der Waals surface area contributed by atoms with Crippen molar-refractivity contribution in [3.05, 3.63) is 30.5 Å². The number of hydrogen-bond acceptors (Lipinski definition) is 1. The fraction of sp³-hybridized carbons (Fsp3) is 0.333. The first-order valence-electron chi connectivity index (χ1n) is 5.10. The molecule has 0 spiro atoms. The summed E-state index contributed by atoms with van der Waals surface area (Å²) in [6, 6.07) is 8.04. The van der Waals surface area contributed by atoms with Gasteiger partial charge in [-0.3, -0.25) is 0 Å². The Morgan fingerprint density at radius 1 is 1.21 bits per heavy atom. The van der Waals surface area contributed by atoms with Crippen molar-refractivity contribution in [1.82, 2.24) is 4.98 Å². The van der Waals surface area contributed by atoms with Gasteiger partial charge >= 0.3 is 0 Å². The minimum atomic E-state index is 0.713. The van der Waals surface area contributed by atoms with Crippen molar-refractivity contribution in [3.8, 4) is 5.75 Å². The largest absolute Gasteiger partial charge is 0.493 e. The van der Waals surface area contributed by atoms with E-state index in [9.17, 15) is 0 Å². The van der Waals surface area contributed by atoms with Gasteiger partial charge in [0, 0.05) is 17.1 Å². The molecule has 2 heteroatoms. The van der Waals surface area contributed by atoms with Crippen molar-refractivity contribution in [1.29, 1.82) is 0 Å². The Labute approximate surface area is 84.9 Å².